The SMILES string of the molecule is CCOC(OCC)[Si]CCCC(C(=O)O)C(=O)O. The second kappa shape index (κ2) is 10.0. The predicted molar refractivity (Wildman–Crippen MR) is 65.6 cm³/mol. The minimum absolute atomic E-state index is 0.142. The zero-order chi connectivity index (χ0) is 14.0. The zero-order valence-corrected chi connectivity index (χ0v) is 11.7. The molecule has 0 unspecified atom stereocenters. The molecular formula is C11H20O6Si. The lowest BCUT2D eigenvalue weighted by Gasteiger charge is -2.16. The highest BCUT2D eigenvalue weighted by Gasteiger charge is 2.25. The molecule has 18 heavy (non-hydrogen) atoms. The van der Waals surface area contributed by atoms with Crippen LogP contribution in [-0.4, -0.2) is 50.8 Å². The molecule has 0 bridgehead atoms. The lowest BCUT2D eigenvalue weighted by molar-refractivity contribution is -0.154. The normalized spacial score (nSPS) is 11.1. The first-order valence-corrected chi connectivity index (χ1v) is 7.23. The van der Waals surface area contributed by atoms with E-state index >= 15 is 0 Å². The summed E-state index contributed by atoms with van der Waals surface area (Å²) in [7, 11) is 0.393. The van der Waals surface area contributed by atoms with Gasteiger partial charge in [-0.2, -0.15) is 0 Å². The fourth-order valence-electron chi connectivity index (χ4n) is 1.35. The van der Waals surface area contributed by atoms with Gasteiger partial charge in [0.05, 0.1) is 0 Å². The molecule has 104 valence electrons. The Morgan fingerprint density at radius 1 is 1.11 bits per heavy atom. The van der Waals surface area contributed by atoms with Gasteiger partial charge in [-0.25, -0.2) is 0 Å². The highest BCUT2D eigenvalue weighted by molar-refractivity contribution is 6.36. The molecule has 7 heteroatoms. The van der Waals surface area contributed by atoms with Crippen molar-refractivity contribution in [3.63, 3.8) is 0 Å². The zero-order valence-electron chi connectivity index (χ0n) is 10.7. The van der Waals surface area contributed by atoms with Gasteiger partial charge in [0.25, 0.3) is 0 Å². The van der Waals surface area contributed by atoms with E-state index in [0.717, 1.165) is 0 Å². The summed E-state index contributed by atoms with van der Waals surface area (Å²) >= 11 is 0. The lowest BCUT2D eigenvalue weighted by atomic mass is 10.1. The van der Waals surface area contributed by atoms with Crippen molar-refractivity contribution in [2.45, 2.75) is 38.6 Å². The van der Waals surface area contributed by atoms with Crippen LogP contribution in [0.4, 0.5) is 0 Å². The summed E-state index contributed by atoms with van der Waals surface area (Å²) in [6.07, 6.45) is 0.682. The number of ether oxygens (including phenoxy) is 2. The van der Waals surface area contributed by atoms with Crippen molar-refractivity contribution in [3.8, 4) is 0 Å². The van der Waals surface area contributed by atoms with Crippen LogP contribution in [0.25, 0.3) is 0 Å². The van der Waals surface area contributed by atoms with Crippen molar-refractivity contribution in [1.29, 1.82) is 0 Å². The van der Waals surface area contributed by atoms with E-state index in [4.69, 9.17) is 19.7 Å². The minimum atomic E-state index is -1.31. The maximum Gasteiger partial charge on any atom is 0.317 e. The highest BCUT2D eigenvalue weighted by Crippen LogP contribution is 2.10. The molecule has 0 atom stereocenters. The maximum atomic E-state index is 10.6. The molecule has 0 spiro atoms. The Bertz CT molecular complexity index is 238. The number of aliphatic carboxylic acids is 2. The second-order valence-corrected chi connectivity index (χ2v) is 4.95. The van der Waals surface area contributed by atoms with Crippen LogP contribution < -0.4 is 0 Å². The third kappa shape index (κ3) is 7.41. The smallest absolute Gasteiger partial charge is 0.317 e. The predicted octanol–water partition coefficient (Wildman–Crippen LogP) is 1.03. The summed E-state index contributed by atoms with van der Waals surface area (Å²) in [6, 6.07) is 0.710. The van der Waals surface area contributed by atoms with E-state index in [1.54, 1.807) is 0 Å². The lowest BCUT2D eigenvalue weighted by Crippen LogP contribution is -2.26. The largest absolute Gasteiger partial charge is 0.481 e. The van der Waals surface area contributed by atoms with Crippen molar-refractivity contribution in [2.75, 3.05) is 13.2 Å². The van der Waals surface area contributed by atoms with Crippen molar-refractivity contribution in [3.05, 3.63) is 0 Å². The fraction of sp³-hybridized carbons (Fsp3) is 0.818. The molecule has 0 aromatic heterocycles. The molecule has 0 aromatic carbocycles. The van der Waals surface area contributed by atoms with Gasteiger partial charge in [-0.15, -0.1) is 0 Å². The minimum Gasteiger partial charge on any atom is -0.481 e. The molecule has 0 aliphatic rings. The molecule has 0 aromatic rings. The third-order valence-corrected chi connectivity index (χ3v) is 3.52. The van der Waals surface area contributed by atoms with Crippen LogP contribution in [0, 0.1) is 5.92 Å². The first-order chi connectivity index (χ1) is 8.52. The van der Waals surface area contributed by atoms with E-state index in [-0.39, 0.29) is 12.3 Å². The van der Waals surface area contributed by atoms with E-state index in [2.05, 4.69) is 0 Å². The average Bonchev–Trinajstić information content (AvgIpc) is 2.28. The molecule has 0 aliphatic carbocycles. The van der Waals surface area contributed by atoms with Crippen molar-refractivity contribution >= 4 is 21.5 Å². The van der Waals surface area contributed by atoms with Gasteiger partial charge < -0.3 is 19.7 Å². The van der Waals surface area contributed by atoms with Crippen LogP contribution >= 0.6 is 0 Å². The first kappa shape index (κ1) is 17.1. The van der Waals surface area contributed by atoms with Gasteiger partial charge >= 0.3 is 11.9 Å². The maximum absolute atomic E-state index is 10.6. The van der Waals surface area contributed by atoms with Gasteiger partial charge in [-0.3, -0.25) is 9.59 Å². The van der Waals surface area contributed by atoms with Crippen molar-refractivity contribution in [2.24, 2.45) is 5.92 Å². The molecule has 0 saturated heterocycles. The summed E-state index contributed by atoms with van der Waals surface area (Å²) in [4.78, 5) is 21.3. The summed E-state index contributed by atoms with van der Waals surface area (Å²) in [5.74, 6) is -4.13. The Balaban J connectivity index is 3.87. The summed E-state index contributed by atoms with van der Waals surface area (Å²) in [5.41, 5.74) is 0. The van der Waals surface area contributed by atoms with E-state index < -0.39 is 17.9 Å². The number of hydrogen-bond acceptors (Lipinski definition) is 4. The molecule has 0 aliphatic heterocycles. The number of carboxylic acids is 2. The molecule has 0 saturated carbocycles. The van der Waals surface area contributed by atoms with Gasteiger partial charge in [0.15, 0.2) is 5.92 Å². The van der Waals surface area contributed by atoms with Crippen LogP contribution in [-0.2, 0) is 19.1 Å². The Hall–Kier alpha value is -0.923. The molecular weight excluding hydrogens is 256 g/mol. The van der Waals surface area contributed by atoms with Crippen LogP contribution in [0.2, 0.25) is 6.04 Å². The Labute approximate surface area is 109 Å². The van der Waals surface area contributed by atoms with Crippen LogP contribution in [0.15, 0.2) is 0 Å². The summed E-state index contributed by atoms with van der Waals surface area (Å²) in [6.45, 7) is 4.87. The van der Waals surface area contributed by atoms with E-state index in [0.29, 0.717) is 35.2 Å². The van der Waals surface area contributed by atoms with Crippen LogP contribution in [0.5, 0.6) is 0 Å². The number of carbonyl (C=O) groups is 2. The second-order valence-electron chi connectivity index (χ2n) is 3.57. The molecule has 2 N–H and O–H groups in total. The van der Waals surface area contributed by atoms with Crippen LogP contribution in [0.1, 0.15) is 26.7 Å². The third-order valence-electron chi connectivity index (χ3n) is 2.21. The molecule has 2 radical (unpaired) electrons. The Morgan fingerprint density at radius 3 is 2.00 bits per heavy atom. The number of carboxylic acid groups (broad SMARTS) is 2. The molecule has 6 nitrogen and oxygen atoms in total. The first-order valence-electron chi connectivity index (χ1n) is 5.95. The summed E-state index contributed by atoms with van der Waals surface area (Å²) < 4.78 is 10.7. The van der Waals surface area contributed by atoms with Gasteiger partial charge in [-0.05, 0) is 20.3 Å². The van der Waals surface area contributed by atoms with E-state index in [1.807, 2.05) is 13.8 Å². The molecule has 0 amide bonds. The molecule has 0 heterocycles. The quantitative estimate of drug-likeness (QED) is 0.253. The number of rotatable bonds is 11. The number of hydrogen-bond donors (Lipinski definition) is 2. The highest BCUT2D eigenvalue weighted by atomic mass is 28.2. The van der Waals surface area contributed by atoms with Crippen molar-refractivity contribution < 1.29 is 29.3 Å². The molecule has 0 rings (SSSR count). The Morgan fingerprint density at radius 2 is 1.61 bits per heavy atom. The van der Waals surface area contributed by atoms with E-state index in [1.165, 1.54) is 0 Å². The van der Waals surface area contributed by atoms with Gasteiger partial charge in [-0.1, -0.05) is 12.5 Å². The topological polar surface area (TPSA) is 93.1 Å². The fourth-order valence-corrected chi connectivity index (χ4v) is 2.56. The summed E-state index contributed by atoms with van der Waals surface area (Å²) in [5, 5.41) is 17.4. The average molecular weight is 276 g/mol. The molecule has 0 fully saturated rings. The van der Waals surface area contributed by atoms with Gasteiger partial charge in [0, 0.05) is 13.2 Å². The van der Waals surface area contributed by atoms with Gasteiger partial charge in [0.2, 0.25) is 0 Å². The van der Waals surface area contributed by atoms with Crippen molar-refractivity contribution in [1.82, 2.24) is 0 Å². The van der Waals surface area contributed by atoms with E-state index in [9.17, 15) is 9.59 Å². The van der Waals surface area contributed by atoms with Crippen LogP contribution in [0.3, 0.4) is 0 Å². The monoisotopic (exact) mass is 276 g/mol. The standard InChI is InChI=1S/C11H20O6Si/c1-3-16-11(17-4-2)18-7-5-6-8(9(12)13)10(14)15/h8,11H,3-7H2,1-2H3,(H,12,13)(H,14,15). The Kier molecular flexibility index (Phi) is 9.53. The van der Waals surface area contributed by atoms with Gasteiger partial charge in [0.1, 0.15) is 15.4 Å².